The Balaban J connectivity index is 3.06. The lowest BCUT2D eigenvalue weighted by atomic mass is 10.1. The first-order valence-electron chi connectivity index (χ1n) is 4.12. The number of hydrogen-bond acceptors (Lipinski definition) is 3. The predicted molar refractivity (Wildman–Crippen MR) is 50.0 cm³/mol. The summed E-state index contributed by atoms with van der Waals surface area (Å²) in [6.45, 7) is 1.92. The number of rotatable bonds is 2. The van der Waals surface area contributed by atoms with Crippen LogP contribution in [0.3, 0.4) is 0 Å². The Hall–Kier alpha value is -1.34. The fourth-order valence-electron chi connectivity index (χ4n) is 1.35. The minimum absolute atomic E-state index is 0.200. The van der Waals surface area contributed by atoms with E-state index in [2.05, 4.69) is 11.2 Å². The van der Waals surface area contributed by atoms with Gasteiger partial charge in [-0.05, 0) is 21.0 Å². The van der Waals surface area contributed by atoms with Gasteiger partial charge in [0.2, 0.25) is 0 Å². The Kier molecular flexibility index (Phi) is 2.69. The first-order chi connectivity index (χ1) is 6.06. The number of nitrogens with zero attached hydrogens (tertiary/aromatic N) is 4. The highest BCUT2D eigenvalue weighted by Gasteiger charge is 2.17. The van der Waals surface area contributed by atoms with Gasteiger partial charge < -0.3 is 0 Å². The van der Waals surface area contributed by atoms with Crippen molar-refractivity contribution in [1.82, 2.24) is 14.7 Å². The summed E-state index contributed by atoms with van der Waals surface area (Å²) in [5.41, 5.74) is 1.90. The third-order valence-corrected chi connectivity index (χ3v) is 1.98. The third kappa shape index (κ3) is 1.87. The Morgan fingerprint density at radius 1 is 1.62 bits per heavy atom. The van der Waals surface area contributed by atoms with Crippen molar-refractivity contribution in [3.05, 3.63) is 17.5 Å². The van der Waals surface area contributed by atoms with Crippen molar-refractivity contribution in [2.24, 2.45) is 7.05 Å². The molecule has 0 bridgehead atoms. The van der Waals surface area contributed by atoms with Crippen molar-refractivity contribution in [2.45, 2.75) is 13.0 Å². The van der Waals surface area contributed by atoms with Gasteiger partial charge in [-0.1, -0.05) is 0 Å². The minimum atomic E-state index is -0.200. The molecular weight excluding hydrogens is 164 g/mol. The van der Waals surface area contributed by atoms with Gasteiger partial charge in [0.05, 0.1) is 11.8 Å². The molecule has 0 aliphatic rings. The standard InChI is InChI=1S/C9H14N4/c1-7-8(6-13(4)11-7)9(5-10)12(2)3/h6,9H,1-4H3. The van der Waals surface area contributed by atoms with Crippen LogP contribution in [0.15, 0.2) is 6.20 Å². The van der Waals surface area contributed by atoms with E-state index in [1.807, 2.05) is 39.2 Å². The van der Waals surface area contributed by atoms with Crippen molar-refractivity contribution < 1.29 is 0 Å². The molecule has 0 saturated carbocycles. The highest BCUT2D eigenvalue weighted by Crippen LogP contribution is 2.19. The van der Waals surface area contributed by atoms with Crippen LogP contribution < -0.4 is 0 Å². The topological polar surface area (TPSA) is 44.9 Å². The summed E-state index contributed by atoms with van der Waals surface area (Å²) in [5, 5.41) is 13.2. The van der Waals surface area contributed by atoms with Crippen LogP contribution in [-0.4, -0.2) is 28.8 Å². The predicted octanol–water partition coefficient (Wildman–Crippen LogP) is 0.855. The molecule has 1 atom stereocenters. The molecule has 0 spiro atoms. The fourth-order valence-corrected chi connectivity index (χ4v) is 1.35. The number of aromatic nitrogens is 2. The summed E-state index contributed by atoms with van der Waals surface area (Å²) in [5.74, 6) is 0. The molecular formula is C9H14N4. The van der Waals surface area contributed by atoms with Gasteiger partial charge in [0.15, 0.2) is 0 Å². The highest BCUT2D eigenvalue weighted by atomic mass is 15.3. The van der Waals surface area contributed by atoms with Gasteiger partial charge in [0.25, 0.3) is 0 Å². The average Bonchev–Trinajstić information content (AvgIpc) is 2.31. The normalized spacial score (nSPS) is 12.9. The summed E-state index contributed by atoms with van der Waals surface area (Å²) in [7, 11) is 5.64. The van der Waals surface area contributed by atoms with E-state index in [9.17, 15) is 0 Å². The fraction of sp³-hybridized carbons (Fsp3) is 0.556. The lowest BCUT2D eigenvalue weighted by Crippen LogP contribution is -2.18. The SMILES string of the molecule is Cc1nn(C)cc1C(C#N)N(C)C. The van der Waals surface area contributed by atoms with E-state index >= 15 is 0 Å². The third-order valence-electron chi connectivity index (χ3n) is 1.98. The summed E-state index contributed by atoms with van der Waals surface area (Å²) in [6, 6.07) is 2.04. The van der Waals surface area contributed by atoms with Gasteiger partial charge in [-0.3, -0.25) is 9.58 Å². The van der Waals surface area contributed by atoms with Gasteiger partial charge in [-0.25, -0.2) is 0 Å². The van der Waals surface area contributed by atoms with E-state index in [1.54, 1.807) is 4.68 Å². The Labute approximate surface area is 78.4 Å². The van der Waals surface area contributed by atoms with Crippen molar-refractivity contribution in [3.8, 4) is 6.07 Å². The van der Waals surface area contributed by atoms with Crippen LogP contribution in [0.1, 0.15) is 17.3 Å². The molecule has 0 aromatic carbocycles. The van der Waals surface area contributed by atoms with E-state index in [0.717, 1.165) is 11.3 Å². The van der Waals surface area contributed by atoms with E-state index in [0.29, 0.717) is 0 Å². The van der Waals surface area contributed by atoms with Gasteiger partial charge in [0, 0.05) is 18.8 Å². The lowest BCUT2D eigenvalue weighted by Gasteiger charge is -2.15. The second kappa shape index (κ2) is 3.58. The maximum atomic E-state index is 8.95. The number of hydrogen-bond donors (Lipinski definition) is 0. The molecule has 0 fully saturated rings. The van der Waals surface area contributed by atoms with Crippen LogP contribution in [0.5, 0.6) is 0 Å². The van der Waals surface area contributed by atoms with E-state index in [1.165, 1.54) is 0 Å². The van der Waals surface area contributed by atoms with Crippen LogP contribution in [0.4, 0.5) is 0 Å². The Morgan fingerprint density at radius 2 is 2.23 bits per heavy atom. The average molecular weight is 178 g/mol. The molecule has 1 unspecified atom stereocenters. The van der Waals surface area contributed by atoms with Crippen LogP contribution >= 0.6 is 0 Å². The lowest BCUT2D eigenvalue weighted by molar-refractivity contribution is 0.357. The zero-order valence-corrected chi connectivity index (χ0v) is 8.44. The largest absolute Gasteiger partial charge is 0.290 e. The summed E-state index contributed by atoms with van der Waals surface area (Å²) >= 11 is 0. The summed E-state index contributed by atoms with van der Waals surface area (Å²) < 4.78 is 1.73. The van der Waals surface area contributed by atoms with Crippen molar-refractivity contribution in [3.63, 3.8) is 0 Å². The van der Waals surface area contributed by atoms with Gasteiger partial charge >= 0.3 is 0 Å². The van der Waals surface area contributed by atoms with Crippen LogP contribution in [0.25, 0.3) is 0 Å². The first-order valence-corrected chi connectivity index (χ1v) is 4.12. The maximum Gasteiger partial charge on any atom is 0.126 e. The van der Waals surface area contributed by atoms with E-state index < -0.39 is 0 Å². The molecule has 1 rings (SSSR count). The second-order valence-electron chi connectivity index (χ2n) is 3.34. The molecule has 0 aliphatic carbocycles. The highest BCUT2D eigenvalue weighted by molar-refractivity contribution is 5.25. The molecule has 4 heteroatoms. The minimum Gasteiger partial charge on any atom is -0.290 e. The Bertz CT molecular complexity index is 332. The molecule has 13 heavy (non-hydrogen) atoms. The zero-order chi connectivity index (χ0) is 10.0. The summed E-state index contributed by atoms with van der Waals surface area (Å²) in [6.07, 6.45) is 1.89. The molecule has 4 nitrogen and oxygen atoms in total. The number of aryl methyl sites for hydroxylation is 2. The van der Waals surface area contributed by atoms with Crippen molar-refractivity contribution in [1.29, 1.82) is 5.26 Å². The van der Waals surface area contributed by atoms with Crippen LogP contribution in [0, 0.1) is 18.3 Å². The first kappa shape index (κ1) is 9.75. The quantitative estimate of drug-likeness (QED) is 0.674. The molecule has 1 aromatic heterocycles. The van der Waals surface area contributed by atoms with E-state index in [-0.39, 0.29) is 6.04 Å². The molecule has 1 heterocycles. The zero-order valence-electron chi connectivity index (χ0n) is 8.44. The maximum absolute atomic E-state index is 8.95. The summed E-state index contributed by atoms with van der Waals surface area (Å²) in [4.78, 5) is 1.88. The second-order valence-corrected chi connectivity index (χ2v) is 3.34. The molecule has 0 radical (unpaired) electrons. The van der Waals surface area contributed by atoms with Crippen molar-refractivity contribution >= 4 is 0 Å². The van der Waals surface area contributed by atoms with Gasteiger partial charge in [-0.15, -0.1) is 0 Å². The molecule has 0 amide bonds. The monoisotopic (exact) mass is 178 g/mol. The molecule has 0 N–H and O–H groups in total. The molecule has 0 saturated heterocycles. The van der Waals surface area contributed by atoms with Crippen LogP contribution in [-0.2, 0) is 7.05 Å². The molecule has 1 aromatic rings. The number of nitriles is 1. The van der Waals surface area contributed by atoms with Gasteiger partial charge in [-0.2, -0.15) is 10.4 Å². The Morgan fingerprint density at radius 3 is 2.54 bits per heavy atom. The molecule has 70 valence electrons. The van der Waals surface area contributed by atoms with Crippen LogP contribution in [0.2, 0.25) is 0 Å². The van der Waals surface area contributed by atoms with Gasteiger partial charge in [0.1, 0.15) is 6.04 Å². The smallest absolute Gasteiger partial charge is 0.126 e. The molecule has 0 aliphatic heterocycles. The van der Waals surface area contributed by atoms with E-state index in [4.69, 9.17) is 5.26 Å². The van der Waals surface area contributed by atoms with Crippen molar-refractivity contribution in [2.75, 3.05) is 14.1 Å².